The van der Waals surface area contributed by atoms with Gasteiger partial charge in [0.1, 0.15) is 0 Å². The number of halogens is 1. The van der Waals surface area contributed by atoms with Crippen molar-refractivity contribution in [3.8, 4) is 11.5 Å². The molecule has 4 atom stereocenters. The van der Waals surface area contributed by atoms with E-state index in [1.54, 1.807) is 25.1 Å². The van der Waals surface area contributed by atoms with Gasteiger partial charge in [-0.15, -0.1) is 0 Å². The molecule has 1 aliphatic heterocycles. The van der Waals surface area contributed by atoms with Crippen LogP contribution in [0, 0.1) is 17.8 Å². The van der Waals surface area contributed by atoms with Crippen LogP contribution in [0.3, 0.4) is 0 Å². The monoisotopic (exact) mass is 555 g/mol. The molecule has 0 radical (unpaired) electrons. The summed E-state index contributed by atoms with van der Waals surface area (Å²) < 4.78 is 10.5. The minimum atomic E-state index is -1.05. The van der Waals surface area contributed by atoms with Crippen molar-refractivity contribution in [1.29, 1.82) is 0 Å². The molecule has 3 aliphatic carbocycles. The number of methoxy groups -OCH3 is 2. The number of hydrogen-bond acceptors (Lipinski definition) is 8. The van der Waals surface area contributed by atoms with E-state index in [0.717, 1.165) is 7.11 Å². The van der Waals surface area contributed by atoms with Gasteiger partial charge in [-0.1, -0.05) is 27.6 Å². The van der Waals surface area contributed by atoms with Gasteiger partial charge >= 0.3 is 6.09 Å². The Hall–Kier alpha value is -3.53. The van der Waals surface area contributed by atoms with Gasteiger partial charge in [0.05, 0.1) is 26.1 Å². The molecule has 0 saturated carbocycles. The number of imide groups is 3. The number of likely N-dealkylation sites (tertiary alicyclic amines) is 1. The number of carbonyl (C=O) groups is 5. The van der Waals surface area contributed by atoms with E-state index in [1.807, 2.05) is 0 Å². The summed E-state index contributed by atoms with van der Waals surface area (Å²) in [6, 6.07) is 3.22. The second kappa shape index (κ2) is 8.55. The van der Waals surface area contributed by atoms with Crippen molar-refractivity contribution in [2.75, 3.05) is 14.2 Å². The summed E-state index contributed by atoms with van der Waals surface area (Å²) in [4.78, 5) is 65.6. The van der Waals surface area contributed by atoms with Gasteiger partial charge in [0.2, 0.25) is 11.8 Å². The minimum Gasteiger partial charge on any atom is -0.504 e. The highest BCUT2D eigenvalue weighted by Crippen LogP contribution is 2.57. The Bertz CT molecular complexity index is 1370. The Morgan fingerprint density at radius 2 is 1.83 bits per heavy atom. The van der Waals surface area contributed by atoms with E-state index in [0.29, 0.717) is 20.5 Å². The molecule has 5 rings (SSSR count). The largest absolute Gasteiger partial charge is 0.504 e. The van der Waals surface area contributed by atoms with Crippen molar-refractivity contribution in [2.24, 2.45) is 17.8 Å². The number of aromatic hydroxyl groups is 1. The van der Waals surface area contributed by atoms with Crippen molar-refractivity contribution < 1.29 is 38.6 Å². The lowest BCUT2D eigenvalue weighted by molar-refractivity contribution is -0.137. The summed E-state index contributed by atoms with van der Waals surface area (Å²) in [5.74, 6) is -5.19. The van der Waals surface area contributed by atoms with Gasteiger partial charge in [-0.25, -0.2) is 4.79 Å². The number of nitrogens with zero attached hydrogens (tertiary/aromatic N) is 1. The highest BCUT2D eigenvalue weighted by Gasteiger charge is 2.58. The molecule has 1 aromatic carbocycles. The van der Waals surface area contributed by atoms with Crippen molar-refractivity contribution in [1.82, 2.24) is 4.90 Å². The molecule has 0 aromatic heterocycles. The smallest absolute Gasteiger partial charge is 0.423 e. The van der Waals surface area contributed by atoms with Gasteiger partial charge < -0.3 is 14.6 Å². The first-order valence-electron chi connectivity index (χ1n) is 11.3. The standard InChI is InChI=1S/C26H22BrNO8/c1-10-6-17(29)15-9-14-12(4-5-13-20(14)25(33)28(24(13)32)26(34)36-3)19(21(15)22(10)30)16-7-11(27)8-18(35-2)23(16)31/h4,6-8,13-14,19-20,31H,5,9H2,1-3H3. The maximum absolute atomic E-state index is 13.4. The molecule has 10 heteroatoms. The molecule has 186 valence electrons. The van der Waals surface area contributed by atoms with Gasteiger partial charge in [0, 0.05) is 32.7 Å². The zero-order valence-corrected chi connectivity index (χ0v) is 21.2. The van der Waals surface area contributed by atoms with Crippen LogP contribution in [0.5, 0.6) is 11.5 Å². The van der Waals surface area contributed by atoms with Crippen molar-refractivity contribution >= 4 is 45.4 Å². The first-order chi connectivity index (χ1) is 17.1. The van der Waals surface area contributed by atoms with E-state index in [9.17, 15) is 29.1 Å². The number of benzene rings is 1. The summed E-state index contributed by atoms with van der Waals surface area (Å²) >= 11 is 3.42. The predicted octanol–water partition coefficient (Wildman–Crippen LogP) is 3.36. The first kappa shape index (κ1) is 24.2. The number of phenols is 1. The SMILES string of the molecule is COC(=O)N1C(=O)C2CC=C3C(c4cc(Br)cc(OC)c4O)C4=C(CC3C2C1=O)C(=O)C=C(C)C4=O. The Balaban J connectivity index is 1.73. The molecule has 36 heavy (non-hydrogen) atoms. The zero-order chi connectivity index (χ0) is 26.0. The number of hydrogen-bond donors (Lipinski definition) is 1. The molecule has 1 N–H and O–H groups in total. The van der Waals surface area contributed by atoms with Crippen molar-refractivity contribution in [3.63, 3.8) is 0 Å². The quantitative estimate of drug-likeness (QED) is 0.334. The molecule has 1 aromatic rings. The number of allylic oxidation sites excluding steroid dienone is 6. The second-order valence-electron chi connectivity index (χ2n) is 9.26. The van der Waals surface area contributed by atoms with Crippen LogP contribution in [-0.2, 0) is 23.9 Å². The van der Waals surface area contributed by atoms with E-state index in [4.69, 9.17) is 4.74 Å². The summed E-state index contributed by atoms with van der Waals surface area (Å²) in [5.41, 5.74) is 1.75. The van der Waals surface area contributed by atoms with E-state index < -0.39 is 41.6 Å². The number of ether oxygens (including phenoxy) is 2. The number of Topliss-reactive ketones (excluding diaryl/α,β-unsaturated/α-hetero) is 1. The highest BCUT2D eigenvalue weighted by atomic mass is 79.9. The molecule has 4 unspecified atom stereocenters. The first-order valence-corrected chi connectivity index (χ1v) is 12.1. The predicted molar refractivity (Wildman–Crippen MR) is 128 cm³/mol. The topological polar surface area (TPSA) is 127 Å². The fraction of sp³-hybridized carbons (Fsp3) is 0.346. The summed E-state index contributed by atoms with van der Waals surface area (Å²) in [6.45, 7) is 1.56. The fourth-order valence-corrected chi connectivity index (χ4v) is 6.41. The lowest BCUT2D eigenvalue weighted by Crippen LogP contribution is -2.40. The highest BCUT2D eigenvalue weighted by molar-refractivity contribution is 9.10. The van der Waals surface area contributed by atoms with Gasteiger partial charge in [-0.2, -0.15) is 4.90 Å². The van der Waals surface area contributed by atoms with Crippen molar-refractivity contribution in [3.05, 3.63) is 56.6 Å². The van der Waals surface area contributed by atoms with Crippen LogP contribution >= 0.6 is 15.9 Å². The molecule has 1 heterocycles. The van der Waals surface area contributed by atoms with Crippen LogP contribution in [0.1, 0.15) is 31.2 Å². The number of fused-ring (bicyclic) bond motifs is 3. The summed E-state index contributed by atoms with van der Waals surface area (Å²) in [7, 11) is 2.49. The third kappa shape index (κ3) is 3.31. The maximum atomic E-state index is 13.4. The van der Waals surface area contributed by atoms with Crippen molar-refractivity contribution in [2.45, 2.75) is 25.7 Å². The van der Waals surface area contributed by atoms with Crippen LogP contribution in [-0.4, -0.2) is 53.7 Å². The Labute approximate surface area is 214 Å². The molecule has 1 saturated heterocycles. The van der Waals surface area contributed by atoms with Crippen LogP contribution in [0.2, 0.25) is 0 Å². The maximum Gasteiger partial charge on any atom is 0.423 e. The number of phenolic OH excluding ortho intramolecular Hbond substituents is 1. The normalized spacial score (nSPS) is 27.3. The minimum absolute atomic E-state index is 0.0626. The van der Waals surface area contributed by atoms with Gasteiger partial charge in [-0.05, 0) is 43.9 Å². The molecule has 0 bridgehead atoms. The number of amides is 3. The molecule has 4 aliphatic rings. The van der Waals surface area contributed by atoms with Gasteiger partial charge in [0.25, 0.3) is 0 Å². The summed E-state index contributed by atoms with van der Waals surface area (Å²) in [6.07, 6.45) is 2.25. The molecular weight excluding hydrogens is 534 g/mol. The average Bonchev–Trinajstić information content (AvgIpc) is 3.12. The molecular formula is C26H22BrNO8. The van der Waals surface area contributed by atoms with E-state index in [1.165, 1.54) is 13.2 Å². The second-order valence-corrected chi connectivity index (χ2v) is 10.2. The van der Waals surface area contributed by atoms with Crippen LogP contribution in [0.15, 0.2) is 51.0 Å². The van der Waals surface area contributed by atoms with E-state index in [2.05, 4.69) is 20.7 Å². The summed E-state index contributed by atoms with van der Waals surface area (Å²) in [5, 5.41) is 11.1. The number of rotatable bonds is 2. The fourth-order valence-electron chi connectivity index (χ4n) is 5.96. The lowest BCUT2D eigenvalue weighted by Gasteiger charge is -2.42. The lowest BCUT2D eigenvalue weighted by atomic mass is 9.59. The van der Waals surface area contributed by atoms with Gasteiger partial charge in [0.15, 0.2) is 23.1 Å². The zero-order valence-electron chi connectivity index (χ0n) is 19.7. The Kier molecular flexibility index (Phi) is 5.74. The molecule has 9 nitrogen and oxygen atoms in total. The molecule has 0 spiro atoms. The number of ketones is 2. The van der Waals surface area contributed by atoms with Crippen LogP contribution in [0.4, 0.5) is 4.79 Å². The third-order valence-corrected chi connectivity index (χ3v) is 7.98. The average molecular weight is 556 g/mol. The number of carbonyl (C=O) groups excluding carboxylic acids is 5. The molecule has 3 amide bonds. The van der Waals surface area contributed by atoms with E-state index >= 15 is 0 Å². The van der Waals surface area contributed by atoms with Gasteiger partial charge in [-0.3, -0.25) is 19.2 Å². The molecule has 1 fully saturated rings. The van der Waals surface area contributed by atoms with E-state index in [-0.39, 0.29) is 52.6 Å². The van der Waals surface area contributed by atoms with Crippen LogP contribution < -0.4 is 4.74 Å². The van der Waals surface area contributed by atoms with Crippen LogP contribution in [0.25, 0.3) is 0 Å². The third-order valence-electron chi connectivity index (χ3n) is 7.52. The Morgan fingerprint density at radius 1 is 1.11 bits per heavy atom. The Morgan fingerprint density at radius 3 is 2.50 bits per heavy atom.